The van der Waals surface area contributed by atoms with Gasteiger partial charge in [-0.05, 0) is 61.8 Å². The highest BCUT2D eigenvalue weighted by Crippen LogP contribution is 2.33. The molecule has 128 valence electrons. The normalized spacial score (nSPS) is 16.5. The van der Waals surface area contributed by atoms with Crippen LogP contribution >= 0.6 is 0 Å². The lowest BCUT2D eigenvalue weighted by molar-refractivity contribution is 0.424. The molecule has 0 amide bonds. The van der Waals surface area contributed by atoms with Crippen LogP contribution in [0, 0.1) is 0 Å². The molecular formula is C21H33NO. The van der Waals surface area contributed by atoms with Crippen molar-refractivity contribution in [2.75, 3.05) is 7.05 Å². The van der Waals surface area contributed by atoms with Crippen LogP contribution in [0.15, 0.2) is 51.8 Å². The van der Waals surface area contributed by atoms with Crippen molar-refractivity contribution in [3.63, 3.8) is 0 Å². The lowest BCUT2D eigenvalue weighted by Crippen LogP contribution is -2.03. The van der Waals surface area contributed by atoms with Gasteiger partial charge in [0.15, 0.2) is 5.90 Å². The van der Waals surface area contributed by atoms with E-state index < -0.39 is 0 Å². The van der Waals surface area contributed by atoms with Gasteiger partial charge >= 0.3 is 0 Å². The highest BCUT2D eigenvalue weighted by atomic mass is 16.5. The third kappa shape index (κ3) is 6.21. The van der Waals surface area contributed by atoms with Crippen molar-refractivity contribution in [1.29, 1.82) is 0 Å². The Bertz CT molecular complexity index is 532. The Kier molecular flexibility index (Phi) is 8.68. The van der Waals surface area contributed by atoms with Gasteiger partial charge in [0.2, 0.25) is 0 Å². The fourth-order valence-corrected chi connectivity index (χ4v) is 2.86. The Hall–Kier alpha value is -1.57. The maximum Gasteiger partial charge on any atom is 0.186 e. The van der Waals surface area contributed by atoms with E-state index in [2.05, 4.69) is 44.5 Å². The summed E-state index contributed by atoms with van der Waals surface area (Å²) in [6.07, 6.45) is 13.2. The van der Waals surface area contributed by atoms with E-state index in [-0.39, 0.29) is 0 Å². The second-order valence-electron chi connectivity index (χ2n) is 6.19. The van der Waals surface area contributed by atoms with Crippen molar-refractivity contribution in [3.8, 4) is 0 Å². The molecule has 0 aromatic rings. The fraction of sp³-hybridized carbons (Fsp3) is 0.571. The van der Waals surface area contributed by atoms with Gasteiger partial charge in [-0.3, -0.25) is 4.99 Å². The Morgan fingerprint density at radius 1 is 1.30 bits per heavy atom. The van der Waals surface area contributed by atoms with Crippen LogP contribution in [0.25, 0.3) is 0 Å². The average molecular weight is 316 g/mol. The average Bonchev–Trinajstić information content (AvgIpc) is 2.55. The van der Waals surface area contributed by atoms with Crippen molar-refractivity contribution in [1.82, 2.24) is 0 Å². The van der Waals surface area contributed by atoms with Gasteiger partial charge in [0, 0.05) is 14.0 Å². The monoisotopic (exact) mass is 315 g/mol. The van der Waals surface area contributed by atoms with Crippen molar-refractivity contribution in [3.05, 3.63) is 46.8 Å². The van der Waals surface area contributed by atoms with Gasteiger partial charge in [0.05, 0.1) is 0 Å². The van der Waals surface area contributed by atoms with Crippen LogP contribution in [0.5, 0.6) is 0 Å². The number of hydrogen-bond acceptors (Lipinski definition) is 2. The summed E-state index contributed by atoms with van der Waals surface area (Å²) in [5.74, 6) is 1.34. The third-order valence-corrected chi connectivity index (χ3v) is 4.43. The number of hydrogen-bond donors (Lipinski definition) is 0. The van der Waals surface area contributed by atoms with Gasteiger partial charge in [0.1, 0.15) is 5.76 Å². The van der Waals surface area contributed by atoms with Crippen LogP contribution in [-0.4, -0.2) is 12.9 Å². The highest BCUT2D eigenvalue weighted by Gasteiger charge is 2.14. The minimum atomic E-state index is 0.648. The van der Waals surface area contributed by atoms with Crippen molar-refractivity contribution < 1.29 is 4.74 Å². The van der Waals surface area contributed by atoms with Crippen LogP contribution in [0.2, 0.25) is 0 Å². The predicted molar refractivity (Wildman–Crippen MR) is 102 cm³/mol. The molecular weight excluding hydrogens is 282 g/mol. The summed E-state index contributed by atoms with van der Waals surface area (Å²) in [4.78, 5) is 4.04. The molecule has 2 nitrogen and oxygen atoms in total. The molecule has 0 saturated heterocycles. The molecule has 0 N–H and O–H groups in total. The van der Waals surface area contributed by atoms with Crippen LogP contribution in [0.4, 0.5) is 0 Å². The molecule has 1 aliphatic carbocycles. The number of nitrogens with zero attached hydrogens (tertiary/aromatic N) is 1. The molecule has 0 saturated carbocycles. The smallest absolute Gasteiger partial charge is 0.186 e. The molecule has 0 heterocycles. The SMILES string of the molecule is C=C(OC(C)=NC)/C(C)=C/C1=C(CC)CCC=C1CCCCC. The maximum absolute atomic E-state index is 5.65. The Morgan fingerprint density at radius 2 is 2.04 bits per heavy atom. The molecule has 0 aromatic carbocycles. The van der Waals surface area contributed by atoms with Gasteiger partial charge in [-0.1, -0.05) is 44.9 Å². The quantitative estimate of drug-likeness (QED) is 0.164. The van der Waals surface area contributed by atoms with Gasteiger partial charge in [0.25, 0.3) is 0 Å². The molecule has 0 aromatic heterocycles. The molecule has 0 radical (unpaired) electrons. The van der Waals surface area contributed by atoms with Crippen molar-refractivity contribution >= 4 is 5.90 Å². The standard InChI is InChI=1S/C21H33NO/c1-7-9-10-12-20-14-11-13-19(8-2)21(20)15-16(3)17(4)23-18(5)22-6/h14-15H,4,7-13H2,1-3,5-6H3/b16-15+,22-18?. The van der Waals surface area contributed by atoms with Gasteiger partial charge in [-0.25, -0.2) is 0 Å². The minimum Gasteiger partial charge on any atom is -0.444 e. The zero-order valence-corrected chi connectivity index (χ0v) is 15.7. The predicted octanol–water partition coefficient (Wildman–Crippen LogP) is 6.52. The lowest BCUT2D eigenvalue weighted by atomic mass is 9.85. The van der Waals surface area contributed by atoms with Gasteiger partial charge in [-0.2, -0.15) is 0 Å². The van der Waals surface area contributed by atoms with Crippen molar-refractivity contribution in [2.24, 2.45) is 4.99 Å². The van der Waals surface area contributed by atoms with E-state index in [1.165, 1.54) is 49.7 Å². The number of unbranched alkanes of at least 4 members (excludes halogenated alkanes) is 2. The van der Waals surface area contributed by atoms with E-state index in [0.29, 0.717) is 11.7 Å². The number of rotatable bonds is 8. The molecule has 0 spiro atoms. The summed E-state index contributed by atoms with van der Waals surface area (Å²) >= 11 is 0. The first-order chi connectivity index (χ1) is 11.0. The summed E-state index contributed by atoms with van der Waals surface area (Å²) in [5.41, 5.74) is 5.57. The van der Waals surface area contributed by atoms with Gasteiger partial charge < -0.3 is 4.74 Å². The Morgan fingerprint density at radius 3 is 2.65 bits per heavy atom. The number of allylic oxidation sites excluding steroid dienone is 6. The zero-order chi connectivity index (χ0) is 17.2. The van der Waals surface area contributed by atoms with Gasteiger partial charge in [-0.15, -0.1) is 0 Å². The summed E-state index contributed by atoms with van der Waals surface area (Å²) < 4.78 is 5.65. The largest absolute Gasteiger partial charge is 0.444 e. The second kappa shape index (κ2) is 10.3. The van der Waals surface area contributed by atoms with E-state index in [1.54, 1.807) is 12.6 Å². The third-order valence-electron chi connectivity index (χ3n) is 4.43. The fourth-order valence-electron chi connectivity index (χ4n) is 2.86. The van der Waals surface area contributed by atoms with E-state index in [9.17, 15) is 0 Å². The van der Waals surface area contributed by atoms with E-state index in [4.69, 9.17) is 4.74 Å². The molecule has 0 atom stereocenters. The van der Waals surface area contributed by atoms with Crippen LogP contribution in [-0.2, 0) is 4.74 Å². The molecule has 0 bridgehead atoms. The summed E-state index contributed by atoms with van der Waals surface area (Å²) in [5, 5.41) is 0. The first-order valence-corrected chi connectivity index (χ1v) is 8.93. The molecule has 23 heavy (non-hydrogen) atoms. The number of aliphatic imine (C=N–C) groups is 1. The van der Waals surface area contributed by atoms with E-state index >= 15 is 0 Å². The molecule has 2 heteroatoms. The Labute approximate surface area is 142 Å². The zero-order valence-electron chi connectivity index (χ0n) is 15.7. The van der Waals surface area contributed by atoms with E-state index in [0.717, 1.165) is 12.0 Å². The summed E-state index contributed by atoms with van der Waals surface area (Å²) in [7, 11) is 1.73. The highest BCUT2D eigenvalue weighted by molar-refractivity contribution is 5.74. The summed E-state index contributed by atoms with van der Waals surface area (Å²) in [6, 6.07) is 0. The molecule has 1 aliphatic rings. The summed E-state index contributed by atoms with van der Waals surface area (Å²) in [6.45, 7) is 12.5. The van der Waals surface area contributed by atoms with Crippen LogP contribution < -0.4 is 0 Å². The maximum atomic E-state index is 5.65. The Balaban J connectivity index is 2.97. The van der Waals surface area contributed by atoms with Crippen molar-refractivity contribution in [2.45, 2.75) is 72.6 Å². The molecule has 0 fully saturated rings. The minimum absolute atomic E-state index is 0.648. The molecule has 1 rings (SSSR count). The first-order valence-electron chi connectivity index (χ1n) is 8.93. The second-order valence-corrected chi connectivity index (χ2v) is 6.19. The molecule has 0 unspecified atom stereocenters. The van der Waals surface area contributed by atoms with Crippen LogP contribution in [0.1, 0.15) is 72.6 Å². The lowest BCUT2D eigenvalue weighted by Gasteiger charge is -2.21. The number of ether oxygens (including phenoxy) is 1. The molecule has 0 aliphatic heterocycles. The topological polar surface area (TPSA) is 21.6 Å². The van der Waals surface area contributed by atoms with Crippen LogP contribution in [0.3, 0.4) is 0 Å². The van der Waals surface area contributed by atoms with E-state index in [1.807, 2.05) is 6.92 Å². The first kappa shape index (κ1) is 19.5.